The predicted octanol–water partition coefficient (Wildman–Crippen LogP) is 33.4. The van der Waals surface area contributed by atoms with E-state index in [1.54, 1.807) is 18.2 Å². The Kier molecular flexibility index (Phi) is 42.6. The molecular weight excluding hydrogens is 1720 g/mol. The van der Waals surface area contributed by atoms with Gasteiger partial charge in [0.05, 0.1) is 24.4 Å². The lowest BCUT2D eigenvalue weighted by Crippen LogP contribution is -2.36. The van der Waals surface area contributed by atoms with Crippen LogP contribution in [0, 0.1) is 71.0 Å². The van der Waals surface area contributed by atoms with Gasteiger partial charge < -0.3 is 37.9 Å². The highest BCUT2D eigenvalue weighted by Gasteiger charge is 2.51. The molecule has 3 N–H and O–H groups in total. The van der Waals surface area contributed by atoms with E-state index >= 15 is 18.3 Å². The van der Waals surface area contributed by atoms with E-state index in [2.05, 4.69) is 129 Å². The van der Waals surface area contributed by atoms with Crippen LogP contribution in [0.25, 0.3) is 0 Å². The van der Waals surface area contributed by atoms with Gasteiger partial charge in [-0.05, 0) is 172 Å². The summed E-state index contributed by atoms with van der Waals surface area (Å²) >= 11 is 0. The molecule has 5 aliphatic carbocycles. The second-order valence-electron chi connectivity index (χ2n) is 42.4. The Balaban J connectivity index is 1.44. The molecular formula is C108H181N3O16P4. The van der Waals surface area contributed by atoms with Crippen LogP contribution in [0.4, 0.5) is 0 Å². The maximum absolute atomic E-state index is 17.5. The van der Waals surface area contributed by atoms with Crippen LogP contribution in [0.3, 0.4) is 0 Å². The summed E-state index contributed by atoms with van der Waals surface area (Å²) in [6, 6.07) is 15.1. The highest BCUT2D eigenvalue weighted by molar-refractivity contribution is 7.52. The molecule has 1 aliphatic heterocycles. The molecule has 0 aromatic heterocycles. The minimum absolute atomic E-state index is 0.0212. The molecule has 0 amide bonds. The molecule has 4 aromatic rings. The first kappa shape index (κ1) is 109. The fourth-order valence-corrected chi connectivity index (χ4v) is 30.6. The number of phosphoric acid groups is 1. The molecule has 20 unspecified atom stereocenters. The number of phenols is 3. The number of rotatable bonds is 51. The second-order valence-corrected chi connectivity index (χ2v) is 49.6. The lowest BCUT2D eigenvalue weighted by Gasteiger charge is -2.41. The third-order valence-corrected chi connectivity index (χ3v) is 39.3. The van der Waals surface area contributed by atoms with Crippen LogP contribution in [0.15, 0.2) is 48.5 Å². The number of fused-ring (bicyclic) bond motifs is 6. The van der Waals surface area contributed by atoms with Crippen molar-refractivity contribution in [2.75, 3.05) is 39.3 Å². The van der Waals surface area contributed by atoms with Crippen molar-refractivity contribution in [3.05, 3.63) is 93.0 Å². The Bertz CT molecular complexity index is 4370. The van der Waals surface area contributed by atoms with Crippen LogP contribution in [0.5, 0.6) is 46.0 Å². The molecule has 10 rings (SSSR count). The van der Waals surface area contributed by atoms with E-state index in [1.165, 1.54) is 0 Å². The molecule has 1 heterocycles. The summed E-state index contributed by atoms with van der Waals surface area (Å²) in [6.07, 6.45) is 28.3. The smallest absolute Gasteiger partial charge is 0.508 e. The summed E-state index contributed by atoms with van der Waals surface area (Å²) in [7, 11) is -18.3. The van der Waals surface area contributed by atoms with Gasteiger partial charge in [0.15, 0.2) is 0 Å². The zero-order chi connectivity index (χ0) is 95.2. The van der Waals surface area contributed by atoms with Gasteiger partial charge in [0.2, 0.25) is 0 Å². The monoisotopic (exact) mass is 1900 g/mol. The summed E-state index contributed by atoms with van der Waals surface area (Å²) in [5.74, 6) is -0.652. The number of nitrogens with zero attached hydrogens (tertiary/aromatic N) is 3. The van der Waals surface area contributed by atoms with E-state index in [0.717, 1.165) is 161 Å². The number of benzene rings is 4. The molecule has 131 heavy (non-hydrogen) atoms. The Morgan fingerprint density at radius 1 is 0.328 bits per heavy atom. The van der Waals surface area contributed by atoms with E-state index in [4.69, 9.17) is 40.7 Å². The first-order valence-corrected chi connectivity index (χ1v) is 59.2. The van der Waals surface area contributed by atoms with Crippen molar-refractivity contribution >= 4 is 31.1 Å². The summed E-state index contributed by atoms with van der Waals surface area (Å²) < 4.78 is 142. The SMILES string of the molecule is CCCCCCCC1c2cc(c(OP(=O)(OC3CC(C)CCC3C(C)C)N(CC)CC)cc2O)C(CCCCCCC)c2cc3c(cc2O)OP(=O)(OC2CC(C)CCC2C(C)C)Oc2cc(OP(=O)(OC4CC(C)CCC4C(C)C)N(CC)CC)c(cc2C3CCCCCCC)C(CCCCCCC)c2cc1c(OP(=O)(OC1CC(C)CCC1C(C)C)N(CC)CC)cc2O. The maximum Gasteiger partial charge on any atom is 0.587 e. The van der Waals surface area contributed by atoms with E-state index in [1.807, 2.05) is 67.7 Å². The van der Waals surface area contributed by atoms with Crippen molar-refractivity contribution in [1.29, 1.82) is 0 Å². The third-order valence-electron chi connectivity index (χ3n) is 31.2. The number of phosphoric ester groups is 1. The van der Waals surface area contributed by atoms with Gasteiger partial charge in [-0.15, -0.1) is 0 Å². The van der Waals surface area contributed by atoms with E-state index in [0.29, 0.717) is 166 Å². The first-order chi connectivity index (χ1) is 62.6. The van der Waals surface area contributed by atoms with Gasteiger partial charge in [-0.1, -0.05) is 306 Å². The van der Waals surface area contributed by atoms with Crippen LogP contribution >= 0.6 is 31.1 Å². The standard InChI is InChI=1S/C108H181N3O16P4/c1-23-33-37-41-45-49-85-89-65-92(104(69-97(89)112)122-128(115,109(27-5)28-6)119-100-61-77(19)53-57-81(100)73(11)12)86(50-46-42-38-34-24-2)91-67-94-88(52-48-44-40-36-26-4)96-68-95(87(51-47-43-39-35-25-3)90-66-93(85)105(70-98(90)113)123-129(116,110(29-7)30-8)120-101-62-78(20)54-58-82(101)74(13)14)107(124-130(117,111(31-9)32-10)121-102-63-79(21)55-59-83(102)75(15)16)72-108(96)127-131(118,126-106(94)71-99(91)114)125-103-64-80(22)56-60-84(103)76(17)18/h65-88,100-103,112-114H,23-64H2,1-22H3. The average Bonchev–Trinajstić information content (AvgIpc) is 0.733. The topological polar surface area (TPSA) is 222 Å². The molecule has 23 heteroatoms. The summed E-state index contributed by atoms with van der Waals surface area (Å²) in [4.78, 5) is 0. The predicted molar refractivity (Wildman–Crippen MR) is 539 cm³/mol. The molecule has 19 nitrogen and oxygen atoms in total. The molecule has 0 spiro atoms. The molecule has 6 aliphatic rings. The molecule has 4 fully saturated rings. The second kappa shape index (κ2) is 51.2. The highest BCUT2D eigenvalue weighted by atomic mass is 31.2. The molecule has 0 radical (unpaired) electrons. The third kappa shape index (κ3) is 28.0. The van der Waals surface area contributed by atoms with E-state index in [-0.39, 0.29) is 105 Å². The fraction of sp³-hybridized carbons (Fsp3) is 0.778. The van der Waals surface area contributed by atoms with Gasteiger partial charge in [0, 0.05) is 132 Å². The zero-order valence-corrected chi connectivity index (χ0v) is 89.2. The Hall–Kier alpha value is -4.08. The number of hydrogen-bond acceptors (Lipinski definition) is 16. The van der Waals surface area contributed by atoms with Crippen LogP contribution in [0.1, 0.15) is 452 Å². The molecule has 8 bridgehead atoms. The Labute approximate surface area is 795 Å². The molecule has 20 atom stereocenters. The first-order valence-electron chi connectivity index (χ1n) is 53.3. The van der Waals surface area contributed by atoms with Crippen LogP contribution in [0.2, 0.25) is 0 Å². The van der Waals surface area contributed by atoms with Gasteiger partial charge in [-0.3, -0.25) is 18.1 Å². The summed E-state index contributed by atoms with van der Waals surface area (Å²) in [6.45, 7) is 49.4. The van der Waals surface area contributed by atoms with Crippen molar-refractivity contribution in [3.8, 4) is 46.0 Å². The van der Waals surface area contributed by atoms with Gasteiger partial charge >= 0.3 is 31.1 Å². The van der Waals surface area contributed by atoms with Gasteiger partial charge in [-0.25, -0.2) is 18.3 Å². The normalized spacial score (nSPS) is 27.3. The number of unbranched alkanes of at least 4 members (excludes halogenated alkanes) is 16. The molecule has 4 saturated carbocycles. The van der Waals surface area contributed by atoms with E-state index < -0.39 is 79.1 Å². The number of phenolic OH excluding ortho intramolecular Hbond substituents is 3. The maximum atomic E-state index is 17.5. The van der Waals surface area contributed by atoms with E-state index in [9.17, 15) is 15.3 Å². The van der Waals surface area contributed by atoms with Crippen LogP contribution in [-0.2, 0) is 36.4 Å². The molecule has 0 saturated heterocycles. The Morgan fingerprint density at radius 3 is 0.863 bits per heavy atom. The fourth-order valence-electron chi connectivity index (χ4n) is 23.2. The number of hydrogen-bond donors (Lipinski definition) is 3. The lowest BCUT2D eigenvalue weighted by molar-refractivity contribution is 0.0262. The van der Waals surface area contributed by atoms with Gasteiger partial charge in [-0.2, -0.15) is 14.0 Å². The molecule has 4 aromatic carbocycles. The minimum Gasteiger partial charge on any atom is -0.508 e. The van der Waals surface area contributed by atoms with Crippen molar-refractivity contribution in [1.82, 2.24) is 14.0 Å². The number of aromatic hydroxyl groups is 3. The zero-order valence-electron chi connectivity index (χ0n) is 85.6. The van der Waals surface area contributed by atoms with Crippen molar-refractivity contribution < 1.29 is 74.3 Å². The van der Waals surface area contributed by atoms with Crippen LogP contribution in [-0.4, -0.2) is 93.0 Å². The average molecular weight is 1900 g/mol. The largest absolute Gasteiger partial charge is 0.587 e. The Morgan fingerprint density at radius 2 is 0.573 bits per heavy atom. The molecule has 744 valence electrons. The van der Waals surface area contributed by atoms with Crippen molar-refractivity contribution in [2.45, 2.75) is 432 Å². The van der Waals surface area contributed by atoms with Gasteiger partial charge in [0.25, 0.3) is 0 Å². The minimum atomic E-state index is -4.95. The van der Waals surface area contributed by atoms with Crippen molar-refractivity contribution in [3.63, 3.8) is 0 Å². The highest BCUT2D eigenvalue weighted by Crippen LogP contribution is 2.67. The van der Waals surface area contributed by atoms with Crippen molar-refractivity contribution in [2.24, 2.45) is 71.0 Å². The summed E-state index contributed by atoms with van der Waals surface area (Å²) in [5, 5.41) is 42.5. The summed E-state index contributed by atoms with van der Waals surface area (Å²) in [5.41, 5.74) is 4.49. The van der Waals surface area contributed by atoms with Gasteiger partial charge in [0.1, 0.15) is 46.0 Å². The lowest BCUT2D eigenvalue weighted by atomic mass is 9.75. The quantitative estimate of drug-likeness (QED) is 0.0276. The van der Waals surface area contributed by atoms with Crippen LogP contribution < -0.4 is 22.6 Å².